The van der Waals surface area contributed by atoms with Crippen molar-refractivity contribution in [1.29, 1.82) is 0 Å². The molecule has 26 heavy (non-hydrogen) atoms. The van der Waals surface area contributed by atoms with Crippen molar-refractivity contribution in [2.75, 3.05) is 19.6 Å². The monoisotopic (exact) mass is 372 g/mol. The fourth-order valence-corrected chi connectivity index (χ4v) is 5.35. The van der Waals surface area contributed by atoms with Gasteiger partial charge in [0, 0.05) is 37.4 Å². The number of likely N-dealkylation sites (tertiary alicyclic amines) is 1. The fraction of sp³-hybridized carbons (Fsp3) is 0.667. The Morgan fingerprint density at radius 1 is 1.38 bits per heavy atom. The lowest BCUT2D eigenvalue weighted by Gasteiger charge is -2.52. The molecule has 0 bridgehead atoms. The maximum absolute atomic E-state index is 12.6. The van der Waals surface area contributed by atoms with Gasteiger partial charge in [-0.25, -0.2) is 0 Å². The van der Waals surface area contributed by atoms with Crippen LogP contribution in [0, 0.1) is 11.3 Å². The third kappa shape index (κ3) is 3.87. The van der Waals surface area contributed by atoms with Crippen molar-refractivity contribution in [3.8, 4) is 0 Å². The van der Waals surface area contributed by atoms with Gasteiger partial charge in [0.05, 0.1) is 11.6 Å². The second kappa shape index (κ2) is 7.64. The number of amides is 1. The van der Waals surface area contributed by atoms with E-state index in [1.807, 2.05) is 0 Å². The van der Waals surface area contributed by atoms with Crippen LogP contribution in [0.25, 0.3) is 0 Å². The largest absolute Gasteiger partial charge is 0.496 e. The summed E-state index contributed by atoms with van der Waals surface area (Å²) in [6, 6.07) is 0. The lowest BCUT2D eigenvalue weighted by Crippen LogP contribution is -2.74. The third-order valence-corrected chi connectivity index (χ3v) is 6.72. The lowest BCUT2D eigenvalue weighted by molar-refractivity contribution is -0.131. The van der Waals surface area contributed by atoms with Crippen molar-refractivity contribution in [2.45, 2.75) is 56.8 Å². The third-order valence-electron chi connectivity index (χ3n) is 5.84. The summed E-state index contributed by atoms with van der Waals surface area (Å²) in [6.07, 6.45) is 12.9. The lowest BCUT2D eigenvalue weighted by atomic mass is 9.72. The van der Waals surface area contributed by atoms with Crippen LogP contribution in [-0.4, -0.2) is 56.6 Å². The Hall–Kier alpha value is -0.858. The molecular formula is C21H33AlN2O2. The number of hydrogen-bond donors (Lipinski definition) is 1. The molecular weight excluding hydrogens is 339 g/mol. The Morgan fingerprint density at radius 2 is 2.15 bits per heavy atom. The van der Waals surface area contributed by atoms with Gasteiger partial charge >= 0.3 is 14.5 Å². The van der Waals surface area contributed by atoms with E-state index in [0.29, 0.717) is 6.42 Å². The Morgan fingerprint density at radius 3 is 2.77 bits per heavy atom. The molecule has 1 aliphatic carbocycles. The molecule has 3 atom stereocenters. The molecule has 0 radical (unpaired) electrons. The first-order valence-corrected chi connectivity index (χ1v) is 12.8. The van der Waals surface area contributed by atoms with Crippen molar-refractivity contribution in [3.05, 3.63) is 36.0 Å². The number of allylic oxidation sites excluding steroid dienone is 5. The van der Waals surface area contributed by atoms with Crippen molar-refractivity contribution in [1.82, 2.24) is 10.2 Å². The van der Waals surface area contributed by atoms with Crippen LogP contribution in [0.2, 0.25) is 11.6 Å². The first-order chi connectivity index (χ1) is 12.3. The van der Waals surface area contributed by atoms with Crippen LogP contribution < -0.4 is 5.32 Å². The molecule has 3 unspecified atom stereocenters. The fourth-order valence-electron chi connectivity index (χ4n) is 4.35. The maximum Gasteiger partial charge on any atom is 0.454 e. The van der Waals surface area contributed by atoms with E-state index < -0.39 is 14.5 Å². The summed E-state index contributed by atoms with van der Waals surface area (Å²) in [7, 11) is 0. The second-order valence-electron chi connectivity index (χ2n) is 8.85. The zero-order valence-electron chi connectivity index (χ0n) is 16.9. The molecule has 1 N–H and O–H groups in total. The summed E-state index contributed by atoms with van der Waals surface area (Å²) >= 11 is -1.13. The van der Waals surface area contributed by atoms with E-state index in [9.17, 15) is 4.79 Å². The second-order valence-corrected chi connectivity index (χ2v) is 11.2. The molecule has 0 aromatic heterocycles. The van der Waals surface area contributed by atoms with Crippen molar-refractivity contribution in [2.24, 2.45) is 11.3 Å². The van der Waals surface area contributed by atoms with Gasteiger partial charge < -0.3 is 14.0 Å². The molecule has 5 heteroatoms. The molecule has 3 aliphatic rings. The number of carbonyl (C=O) groups excluding carboxylic acids is 1. The van der Waals surface area contributed by atoms with Crippen LogP contribution >= 0.6 is 0 Å². The van der Waals surface area contributed by atoms with Gasteiger partial charge in [-0.1, -0.05) is 62.7 Å². The van der Waals surface area contributed by atoms with Crippen LogP contribution in [0.4, 0.5) is 0 Å². The summed E-state index contributed by atoms with van der Waals surface area (Å²) < 4.78 is 6.37. The Labute approximate surface area is 163 Å². The zero-order valence-corrected chi connectivity index (χ0v) is 18.1. The average Bonchev–Trinajstić information content (AvgIpc) is 2.89. The van der Waals surface area contributed by atoms with Gasteiger partial charge in [-0.15, -0.1) is 0 Å². The molecule has 2 aliphatic heterocycles. The van der Waals surface area contributed by atoms with E-state index in [2.05, 4.69) is 72.9 Å². The summed E-state index contributed by atoms with van der Waals surface area (Å²) in [6.45, 7) is 8.96. The van der Waals surface area contributed by atoms with Gasteiger partial charge in [-0.05, 0) is 12.0 Å². The van der Waals surface area contributed by atoms with E-state index in [1.165, 1.54) is 5.57 Å². The smallest absolute Gasteiger partial charge is 0.454 e. The molecule has 2 saturated heterocycles. The molecule has 0 aromatic carbocycles. The number of carbonyl (C=O) groups is 1. The highest BCUT2D eigenvalue weighted by Gasteiger charge is 2.58. The minimum atomic E-state index is -1.13. The molecule has 1 spiro atoms. The van der Waals surface area contributed by atoms with Gasteiger partial charge in [-0.3, -0.25) is 4.79 Å². The van der Waals surface area contributed by atoms with Crippen LogP contribution in [0.1, 0.15) is 33.6 Å². The number of nitrogens with one attached hydrogen (secondary N) is 1. The zero-order chi connectivity index (χ0) is 18.9. The SMILES string of the molecule is CCCC(=O)N1CC(C2=CC=CC(C)(C)C=C2)C2(C1)NCC2[O][Al]([CH3])[CH3]. The summed E-state index contributed by atoms with van der Waals surface area (Å²) in [5, 5.41) is 3.70. The van der Waals surface area contributed by atoms with Crippen molar-refractivity contribution < 1.29 is 8.58 Å². The molecule has 1 amide bonds. The predicted molar refractivity (Wildman–Crippen MR) is 108 cm³/mol. The topological polar surface area (TPSA) is 41.6 Å². The van der Waals surface area contributed by atoms with Crippen molar-refractivity contribution in [3.63, 3.8) is 0 Å². The molecule has 2 fully saturated rings. The summed E-state index contributed by atoms with van der Waals surface area (Å²) in [5.41, 5.74) is 1.25. The molecule has 4 nitrogen and oxygen atoms in total. The summed E-state index contributed by atoms with van der Waals surface area (Å²) in [4.78, 5) is 14.7. The number of rotatable bonds is 5. The highest BCUT2D eigenvalue weighted by Crippen LogP contribution is 2.43. The first-order valence-electron chi connectivity index (χ1n) is 10.0. The average molecular weight is 372 g/mol. The Kier molecular flexibility index (Phi) is 5.84. The van der Waals surface area contributed by atoms with E-state index in [0.717, 1.165) is 26.1 Å². The Balaban J connectivity index is 1.89. The van der Waals surface area contributed by atoms with Gasteiger partial charge in [0.2, 0.25) is 5.91 Å². The van der Waals surface area contributed by atoms with E-state index in [-0.39, 0.29) is 28.9 Å². The number of nitrogens with zero attached hydrogens (tertiary/aromatic N) is 1. The van der Waals surface area contributed by atoms with Gasteiger partial charge in [0.25, 0.3) is 0 Å². The minimum absolute atomic E-state index is 0.0650. The molecule has 142 valence electrons. The maximum atomic E-state index is 12.6. The van der Waals surface area contributed by atoms with Crippen LogP contribution in [-0.2, 0) is 8.58 Å². The van der Waals surface area contributed by atoms with Crippen LogP contribution in [0.5, 0.6) is 0 Å². The standard InChI is InChI=1S/C19H27N2O2.2CH3.Al/c1-4-6-17(23)21-12-15(19(13-21)16(22)11-20-19)14-7-5-9-18(2,3)10-8-14;;;/h5,7-10,15-16,20H,4,6,11-13H2,1-3H3;2*1H3;/q-1;;;+1. The Bertz CT molecular complexity index is 638. The predicted octanol–water partition coefficient (Wildman–Crippen LogP) is 3.30. The van der Waals surface area contributed by atoms with Crippen LogP contribution in [0.3, 0.4) is 0 Å². The van der Waals surface area contributed by atoms with Gasteiger partial charge in [-0.2, -0.15) is 0 Å². The molecule has 3 rings (SSSR count). The quantitative estimate of drug-likeness (QED) is 0.753. The number of hydrogen-bond acceptors (Lipinski definition) is 3. The minimum Gasteiger partial charge on any atom is -0.496 e. The van der Waals surface area contributed by atoms with E-state index >= 15 is 0 Å². The van der Waals surface area contributed by atoms with E-state index in [4.69, 9.17) is 3.79 Å². The normalized spacial score (nSPS) is 32.3. The van der Waals surface area contributed by atoms with E-state index in [1.54, 1.807) is 0 Å². The van der Waals surface area contributed by atoms with Gasteiger partial charge in [0.1, 0.15) is 0 Å². The highest BCUT2D eigenvalue weighted by atomic mass is 27.2. The summed E-state index contributed by atoms with van der Waals surface area (Å²) in [5.74, 6) is 5.01. The molecule has 0 aromatic rings. The first kappa shape index (κ1) is 19.9. The molecule has 0 saturated carbocycles. The van der Waals surface area contributed by atoms with Gasteiger partial charge in [0.15, 0.2) is 0 Å². The molecule has 2 heterocycles. The highest BCUT2D eigenvalue weighted by molar-refractivity contribution is 6.48. The van der Waals surface area contributed by atoms with Crippen LogP contribution in [0.15, 0.2) is 36.0 Å². The van der Waals surface area contributed by atoms with Crippen molar-refractivity contribution >= 4 is 20.4 Å².